The zero-order chi connectivity index (χ0) is 12.6. The summed E-state index contributed by atoms with van der Waals surface area (Å²) in [5.74, 6) is 0.101. The second-order valence-corrected chi connectivity index (χ2v) is 5.58. The highest BCUT2D eigenvalue weighted by Crippen LogP contribution is 2.58. The van der Waals surface area contributed by atoms with Crippen molar-refractivity contribution >= 4 is 11.9 Å². The number of carbonyl (C=O) groups is 1. The highest BCUT2D eigenvalue weighted by Gasteiger charge is 2.47. The van der Waals surface area contributed by atoms with Gasteiger partial charge in [0.05, 0.1) is 0 Å². The van der Waals surface area contributed by atoms with Gasteiger partial charge in [-0.05, 0) is 43.1 Å². The molecule has 0 aromatic carbocycles. The van der Waals surface area contributed by atoms with Crippen molar-refractivity contribution in [3.05, 3.63) is 18.0 Å². The van der Waals surface area contributed by atoms with E-state index in [4.69, 9.17) is 5.11 Å². The maximum atomic E-state index is 10.8. The summed E-state index contributed by atoms with van der Waals surface area (Å²) in [4.78, 5) is 18.8. The van der Waals surface area contributed by atoms with Crippen LogP contribution in [-0.4, -0.2) is 27.6 Å². The fourth-order valence-corrected chi connectivity index (χ4v) is 3.19. The third-order valence-electron chi connectivity index (χ3n) is 4.28. The second-order valence-electron chi connectivity index (χ2n) is 5.58. The zero-order valence-electron chi connectivity index (χ0n) is 10.2. The van der Waals surface area contributed by atoms with Gasteiger partial charge in [-0.15, -0.1) is 0 Å². The lowest BCUT2D eigenvalue weighted by Gasteiger charge is -2.54. The smallest absolute Gasteiger partial charge is 0.354 e. The Morgan fingerprint density at radius 2 is 2.28 bits per heavy atom. The van der Waals surface area contributed by atoms with Gasteiger partial charge in [-0.3, -0.25) is 0 Å². The first-order valence-electron chi connectivity index (χ1n) is 6.47. The van der Waals surface area contributed by atoms with Crippen LogP contribution in [0.4, 0.5) is 5.95 Å². The van der Waals surface area contributed by atoms with Gasteiger partial charge >= 0.3 is 5.97 Å². The Morgan fingerprint density at radius 1 is 1.50 bits per heavy atom. The van der Waals surface area contributed by atoms with E-state index in [1.165, 1.54) is 44.4 Å². The Hall–Kier alpha value is -1.65. The van der Waals surface area contributed by atoms with E-state index in [1.54, 1.807) is 0 Å². The molecule has 0 unspecified atom stereocenters. The second kappa shape index (κ2) is 4.23. The number of hydrogen-bond acceptors (Lipinski definition) is 4. The van der Waals surface area contributed by atoms with Crippen molar-refractivity contribution in [1.82, 2.24) is 9.97 Å². The van der Waals surface area contributed by atoms with Crippen molar-refractivity contribution in [2.45, 2.75) is 32.1 Å². The Bertz CT molecular complexity index is 463. The molecular formula is C13H17N3O2. The van der Waals surface area contributed by atoms with Crippen molar-refractivity contribution in [1.29, 1.82) is 0 Å². The van der Waals surface area contributed by atoms with Gasteiger partial charge in [0.25, 0.3) is 0 Å². The van der Waals surface area contributed by atoms with Crippen LogP contribution >= 0.6 is 0 Å². The number of anilines is 1. The molecule has 1 aromatic rings. The lowest BCUT2D eigenvalue weighted by Crippen LogP contribution is -2.45. The minimum atomic E-state index is -1.02. The molecule has 2 N–H and O–H groups in total. The summed E-state index contributed by atoms with van der Waals surface area (Å²) in [6, 6.07) is 1.40. The van der Waals surface area contributed by atoms with Crippen LogP contribution in [0, 0.1) is 11.3 Å². The largest absolute Gasteiger partial charge is 0.477 e. The zero-order valence-corrected chi connectivity index (χ0v) is 10.2. The summed E-state index contributed by atoms with van der Waals surface area (Å²) in [7, 11) is 0. The molecule has 18 heavy (non-hydrogen) atoms. The number of carboxylic acids is 1. The van der Waals surface area contributed by atoms with E-state index in [0.717, 1.165) is 6.54 Å². The normalized spacial score (nSPS) is 21.1. The first-order chi connectivity index (χ1) is 8.67. The molecule has 1 spiro atoms. The van der Waals surface area contributed by atoms with E-state index in [2.05, 4.69) is 15.3 Å². The average Bonchev–Trinajstić information content (AvgIpc) is 2.25. The molecule has 2 fully saturated rings. The minimum Gasteiger partial charge on any atom is -0.477 e. The molecule has 5 nitrogen and oxygen atoms in total. The van der Waals surface area contributed by atoms with Crippen LogP contribution in [0.3, 0.4) is 0 Å². The Morgan fingerprint density at radius 3 is 2.89 bits per heavy atom. The van der Waals surface area contributed by atoms with E-state index in [1.807, 2.05) is 0 Å². The van der Waals surface area contributed by atoms with E-state index in [-0.39, 0.29) is 5.69 Å². The maximum Gasteiger partial charge on any atom is 0.354 e. The van der Waals surface area contributed by atoms with Gasteiger partial charge in [0.15, 0.2) is 5.69 Å². The van der Waals surface area contributed by atoms with Gasteiger partial charge in [0.1, 0.15) is 0 Å². The van der Waals surface area contributed by atoms with Crippen molar-refractivity contribution in [2.24, 2.45) is 11.3 Å². The third kappa shape index (κ3) is 2.05. The molecule has 2 aliphatic carbocycles. The van der Waals surface area contributed by atoms with Crippen molar-refractivity contribution in [3.63, 3.8) is 0 Å². The van der Waals surface area contributed by atoms with E-state index < -0.39 is 5.97 Å². The lowest BCUT2D eigenvalue weighted by molar-refractivity contribution is -0.0185. The quantitative estimate of drug-likeness (QED) is 0.852. The van der Waals surface area contributed by atoms with E-state index in [9.17, 15) is 4.79 Å². The molecule has 3 rings (SSSR count). The summed E-state index contributed by atoms with van der Waals surface area (Å²) in [6.45, 7) is 0.852. The van der Waals surface area contributed by atoms with Crippen LogP contribution in [0.2, 0.25) is 0 Å². The van der Waals surface area contributed by atoms with Crippen molar-refractivity contribution in [2.75, 3.05) is 11.9 Å². The molecule has 0 saturated heterocycles. The molecule has 2 aliphatic rings. The van der Waals surface area contributed by atoms with Gasteiger partial charge in [-0.2, -0.15) is 0 Å². The number of aromatic nitrogens is 2. The SMILES string of the molecule is O=C(O)c1ccnc(NCC2CC3(CCC3)C2)n1. The number of carboxylic acid groups (broad SMARTS) is 1. The third-order valence-corrected chi connectivity index (χ3v) is 4.28. The number of aromatic carboxylic acids is 1. The van der Waals surface area contributed by atoms with Crippen molar-refractivity contribution in [3.8, 4) is 0 Å². The van der Waals surface area contributed by atoms with Crippen LogP contribution in [0.1, 0.15) is 42.6 Å². The number of nitrogens with one attached hydrogen (secondary N) is 1. The van der Waals surface area contributed by atoms with E-state index >= 15 is 0 Å². The van der Waals surface area contributed by atoms with Gasteiger partial charge < -0.3 is 10.4 Å². The molecular weight excluding hydrogens is 230 g/mol. The molecule has 0 bridgehead atoms. The first kappa shape index (κ1) is 11.4. The highest BCUT2D eigenvalue weighted by molar-refractivity contribution is 5.85. The lowest BCUT2D eigenvalue weighted by atomic mass is 9.52. The van der Waals surface area contributed by atoms with Crippen LogP contribution < -0.4 is 5.32 Å². The predicted octanol–water partition coefficient (Wildman–Crippen LogP) is 2.17. The molecule has 1 aromatic heterocycles. The van der Waals surface area contributed by atoms with E-state index in [0.29, 0.717) is 17.3 Å². The number of hydrogen-bond donors (Lipinski definition) is 2. The van der Waals surface area contributed by atoms with Gasteiger partial charge in [0.2, 0.25) is 5.95 Å². The van der Waals surface area contributed by atoms with Crippen LogP contribution in [0.25, 0.3) is 0 Å². The summed E-state index contributed by atoms with van der Waals surface area (Å²) >= 11 is 0. The van der Waals surface area contributed by atoms with Gasteiger partial charge in [-0.1, -0.05) is 6.42 Å². The Labute approximate surface area is 106 Å². The molecule has 5 heteroatoms. The molecule has 96 valence electrons. The topological polar surface area (TPSA) is 75.1 Å². The molecule has 0 amide bonds. The monoisotopic (exact) mass is 247 g/mol. The molecule has 1 heterocycles. The van der Waals surface area contributed by atoms with Gasteiger partial charge in [-0.25, -0.2) is 14.8 Å². The summed E-state index contributed by atoms with van der Waals surface area (Å²) in [6.07, 6.45) is 8.27. The maximum absolute atomic E-state index is 10.8. The fourth-order valence-electron chi connectivity index (χ4n) is 3.19. The van der Waals surface area contributed by atoms with Crippen LogP contribution in [0.15, 0.2) is 12.3 Å². The van der Waals surface area contributed by atoms with Crippen molar-refractivity contribution < 1.29 is 9.90 Å². The average molecular weight is 247 g/mol. The standard InChI is InChI=1S/C13H17N3O2/c17-11(18)10-2-5-14-12(16-10)15-8-9-6-13(7-9)3-1-4-13/h2,5,9H,1,3-4,6-8H2,(H,17,18)(H,14,15,16). The number of nitrogens with zero attached hydrogens (tertiary/aromatic N) is 2. The minimum absolute atomic E-state index is 0.0385. The molecule has 0 atom stereocenters. The van der Waals surface area contributed by atoms with Crippen LogP contribution in [0.5, 0.6) is 0 Å². The molecule has 0 aliphatic heterocycles. The molecule has 2 saturated carbocycles. The van der Waals surface area contributed by atoms with Gasteiger partial charge in [0, 0.05) is 12.7 Å². The molecule has 0 radical (unpaired) electrons. The summed E-state index contributed by atoms with van der Waals surface area (Å²) < 4.78 is 0. The number of rotatable bonds is 4. The highest BCUT2D eigenvalue weighted by atomic mass is 16.4. The fraction of sp³-hybridized carbons (Fsp3) is 0.615. The Balaban J connectivity index is 1.51. The summed E-state index contributed by atoms with van der Waals surface area (Å²) in [5, 5.41) is 12.0. The van der Waals surface area contributed by atoms with Crippen LogP contribution in [-0.2, 0) is 0 Å². The Kier molecular flexibility index (Phi) is 2.69. The first-order valence-corrected chi connectivity index (χ1v) is 6.47. The predicted molar refractivity (Wildman–Crippen MR) is 66.5 cm³/mol. The summed E-state index contributed by atoms with van der Waals surface area (Å²) in [5.41, 5.74) is 0.715.